The summed E-state index contributed by atoms with van der Waals surface area (Å²) in [6, 6.07) is 0.451. The van der Waals surface area contributed by atoms with Crippen molar-refractivity contribution in [3.8, 4) is 0 Å². The van der Waals surface area contributed by atoms with E-state index in [2.05, 4.69) is 19.2 Å². The molecule has 0 radical (unpaired) electrons. The van der Waals surface area contributed by atoms with Gasteiger partial charge in [-0.1, -0.05) is 13.8 Å². The van der Waals surface area contributed by atoms with E-state index < -0.39 is 0 Å². The van der Waals surface area contributed by atoms with Crippen molar-refractivity contribution < 1.29 is 9.53 Å². The molecule has 5 atom stereocenters. The fourth-order valence-electron chi connectivity index (χ4n) is 4.66. The number of fused-ring (bicyclic) bond motifs is 3. The highest BCUT2D eigenvalue weighted by Gasteiger charge is 2.47. The predicted octanol–water partition coefficient (Wildman–Crippen LogP) is 1.89. The Balaban J connectivity index is 1.83. The summed E-state index contributed by atoms with van der Waals surface area (Å²) >= 11 is 0. The van der Waals surface area contributed by atoms with Gasteiger partial charge in [0.1, 0.15) is 0 Å². The maximum Gasteiger partial charge on any atom is 0.228 e. The highest BCUT2D eigenvalue weighted by atomic mass is 16.5. The largest absolute Gasteiger partial charge is 0.376 e. The highest BCUT2D eigenvalue weighted by Crippen LogP contribution is 2.41. The molecular formula is C17H30N2O2. The van der Waals surface area contributed by atoms with Gasteiger partial charge < -0.3 is 15.0 Å². The normalized spacial score (nSPS) is 40.7. The van der Waals surface area contributed by atoms with Gasteiger partial charge >= 0.3 is 0 Å². The summed E-state index contributed by atoms with van der Waals surface area (Å²) in [6.45, 7) is 7.17. The number of nitrogens with one attached hydrogen (secondary N) is 1. The molecule has 0 aromatic heterocycles. The van der Waals surface area contributed by atoms with Gasteiger partial charge in [0, 0.05) is 19.6 Å². The van der Waals surface area contributed by atoms with Gasteiger partial charge in [0.25, 0.3) is 0 Å². The second-order valence-corrected chi connectivity index (χ2v) is 7.61. The van der Waals surface area contributed by atoms with Crippen LogP contribution >= 0.6 is 0 Å². The SMILES string of the molecule is CC(C)C[C@H]1OC[C@@H]2C(=O)N(C)CC[C@@H]2[C@@H]2CCCN[C@H]21. The average Bonchev–Trinajstić information content (AvgIpc) is 2.61. The van der Waals surface area contributed by atoms with E-state index in [1.54, 1.807) is 0 Å². The Hall–Kier alpha value is -0.610. The third-order valence-corrected chi connectivity index (χ3v) is 5.71. The number of carbonyl (C=O) groups excluding carboxylic acids is 1. The molecule has 1 amide bonds. The molecule has 0 aromatic rings. The number of likely N-dealkylation sites (tertiary alicyclic amines) is 1. The molecule has 4 heteroatoms. The van der Waals surface area contributed by atoms with Crippen LogP contribution in [-0.4, -0.2) is 49.7 Å². The summed E-state index contributed by atoms with van der Waals surface area (Å²) in [7, 11) is 1.94. The molecule has 0 aromatic carbocycles. The van der Waals surface area contributed by atoms with Gasteiger partial charge in [-0.25, -0.2) is 0 Å². The molecule has 3 saturated heterocycles. The van der Waals surface area contributed by atoms with Crippen molar-refractivity contribution in [1.82, 2.24) is 10.2 Å². The number of piperidine rings is 2. The first-order chi connectivity index (χ1) is 10.1. The lowest BCUT2D eigenvalue weighted by molar-refractivity contribution is -0.143. The molecule has 0 unspecified atom stereocenters. The summed E-state index contributed by atoms with van der Waals surface area (Å²) in [5, 5.41) is 3.73. The maximum absolute atomic E-state index is 12.5. The van der Waals surface area contributed by atoms with E-state index >= 15 is 0 Å². The number of carbonyl (C=O) groups is 1. The van der Waals surface area contributed by atoms with E-state index in [4.69, 9.17) is 4.74 Å². The molecule has 3 aliphatic heterocycles. The average molecular weight is 294 g/mol. The lowest BCUT2D eigenvalue weighted by atomic mass is 9.70. The number of hydrogen-bond acceptors (Lipinski definition) is 3. The van der Waals surface area contributed by atoms with Crippen molar-refractivity contribution in [3.05, 3.63) is 0 Å². The Morgan fingerprint density at radius 1 is 1.33 bits per heavy atom. The van der Waals surface area contributed by atoms with Crippen molar-refractivity contribution in [2.75, 3.05) is 26.7 Å². The topological polar surface area (TPSA) is 41.6 Å². The minimum atomic E-state index is 0.0910. The molecular weight excluding hydrogens is 264 g/mol. The summed E-state index contributed by atoms with van der Waals surface area (Å²) < 4.78 is 6.26. The van der Waals surface area contributed by atoms with E-state index in [1.807, 2.05) is 11.9 Å². The van der Waals surface area contributed by atoms with Crippen LogP contribution in [0.3, 0.4) is 0 Å². The van der Waals surface area contributed by atoms with Gasteiger partial charge in [-0.15, -0.1) is 0 Å². The smallest absolute Gasteiger partial charge is 0.228 e. The Labute approximate surface area is 128 Å². The monoisotopic (exact) mass is 294 g/mol. The maximum atomic E-state index is 12.5. The number of nitrogens with zero attached hydrogens (tertiary/aromatic N) is 1. The number of hydrogen-bond donors (Lipinski definition) is 1. The molecule has 4 nitrogen and oxygen atoms in total. The molecule has 3 aliphatic rings. The Kier molecular flexibility index (Phi) is 4.55. The van der Waals surface area contributed by atoms with Crippen LogP contribution in [0.2, 0.25) is 0 Å². The minimum absolute atomic E-state index is 0.0910. The molecule has 0 bridgehead atoms. The van der Waals surface area contributed by atoms with Crippen molar-refractivity contribution in [2.45, 2.75) is 51.7 Å². The third kappa shape index (κ3) is 2.98. The second-order valence-electron chi connectivity index (χ2n) is 7.61. The second kappa shape index (κ2) is 6.25. The van der Waals surface area contributed by atoms with Crippen molar-refractivity contribution in [1.29, 1.82) is 0 Å². The zero-order valence-corrected chi connectivity index (χ0v) is 13.7. The molecule has 3 rings (SSSR count). The van der Waals surface area contributed by atoms with Crippen LogP contribution in [0.4, 0.5) is 0 Å². The van der Waals surface area contributed by atoms with E-state index in [-0.39, 0.29) is 12.0 Å². The van der Waals surface area contributed by atoms with Crippen LogP contribution in [0.25, 0.3) is 0 Å². The van der Waals surface area contributed by atoms with Crippen molar-refractivity contribution in [2.24, 2.45) is 23.7 Å². The van der Waals surface area contributed by atoms with E-state index in [9.17, 15) is 4.79 Å². The van der Waals surface area contributed by atoms with Crippen LogP contribution < -0.4 is 5.32 Å². The summed E-state index contributed by atoms with van der Waals surface area (Å²) in [5.74, 6) is 2.17. The van der Waals surface area contributed by atoms with Gasteiger partial charge in [-0.05, 0) is 50.0 Å². The number of rotatable bonds is 2. The first kappa shape index (κ1) is 15.3. The van der Waals surface area contributed by atoms with Crippen molar-refractivity contribution in [3.63, 3.8) is 0 Å². The Morgan fingerprint density at radius 2 is 2.14 bits per heavy atom. The lowest BCUT2D eigenvalue weighted by Crippen LogP contribution is -2.53. The van der Waals surface area contributed by atoms with Crippen LogP contribution in [0.5, 0.6) is 0 Å². The Morgan fingerprint density at radius 3 is 2.90 bits per heavy atom. The van der Waals surface area contributed by atoms with Gasteiger partial charge in [0.2, 0.25) is 5.91 Å². The highest BCUT2D eigenvalue weighted by molar-refractivity contribution is 5.80. The molecule has 21 heavy (non-hydrogen) atoms. The fraction of sp³-hybridized carbons (Fsp3) is 0.941. The molecule has 0 spiro atoms. The summed E-state index contributed by atoms with van der Waals surface area (Å²) in [5.41, 5.74) is 0. The predicted molar refractivity (Wildman–Crippen MR) is 82.9 cm³/mol. The first-order valence-electron chi connectivity index (χ1n) is 8.68. The van der Waals surface area contributed by atoms with Gasteiger partial charge in [-0.2, -0.15) is 0 Å². The quantitative estimate of drug-likeness (QED) is 0.845. The minimum Gasteiger partial charge on any atom is -0.376 e. The van der Waals surface area contributed by atoms with E-state index in [0.717, 1.165) is 25.9 Å². The molecule has 3 fully saturated rings. The first-order valence-corrected chi connectivity index (χ1v) is 8.68. The van der Waals surface area contributed by atoms with Gasteiger partial charge in [0.15, 0.2) is 0 Å². The van der Waals surface area contributed by atoms with Crippen LogP contribution in [-0.2, 0) is 9.53 Å². The third-order valence-electron chi connectivity index (χ3n) is 5.71. The lowest BCUT2D eigenvalue weighted by Gasteiger charge is -2.43. The Bertz CT molecular complexity index is 385. The summed E-state index contributed by atoms with van der Waals surface area (Å²) in [4.78, 5) is 14.4. The zero-order chi connectivity index (χ0) is 15.0. The molecule has 0 saturated carbocycles. The van der Waals surface area contributed by atoms with Gasteiger partial charge in [0.05, 0.1) is 18.6 Å². The molecule has 120 valence electrons. The van der Waals surface area contributed by atoms with Crippen molar-refractivity contribution >= 4 is 5.91 Å². The van der Waals surface area contributed by atoms with E-state index in [1.165, 1.54) is 12.8 Å². The number of amides is 1. The zero-order valence-electron chi connectivity index (χ0n) is 13.7. The van der Waals surface area contributed by atoms with E-state index in [0.29, 0.717) is 36.3 Å². The molecule has 1 N–H and O–H groups in total. The number of ether oxygens (including phenoxy) is 1. The molecule has 3 heterocycles. The fourth-order valence-corrected chi connectivity index (χ4v) is 4.66. The van der Waals surface area contributed by atoms with Crippen LogP contribution in [0.15, 0.2) is 0 Å². The van der Waals surface area contributed by atoms with Crippen LogP contribution in [0.1, 0.15) is 39.5 Å². The summed E-state index contributed by atoms with van der Waals surface area (Å²) in [6.07, 6.45) is 5.01. The standard InChI is InChI=1S/C17H30N2O2/c1-11(2)9-15-16-13(5-4-7-18-16)12-6-8-19(3)17(20)14(12)10-21-15/h11-16,18H,4-10H2,1-3H3/t12-,13+,14+,15-,16-/m1/s1. The van der Waals surface area contributed by atoms with Gasteiger partial charge in [-0.3, -0.25) is 4.79 Å². The van der Waals surface area contributed by atoms with Crippen LogP contribution in [0, 0.1) is 23.7 Å². The molecule has 0 aliphatic carbocycles.